The van der Waals surface area contributed by atoms with Crippen molar-refractivity contribution in [3.8, 4) is 0 Å². The van der Waals surface area contributed by atoms with Crippen LogP contribution in [0.1, 0.15) is 51.9 Å². The van der Waals surface area contributed by atoms with E-state index in [1.54, 1.807) is 0 Å². The molecule has 1 amide bonds. The van der Waals surface area contributed by atoms with Crippen LogP contribution < -0.4 is 5.73 Å². The van der Waals surface area contributed by atoms with Gasteiger partial charge in [-0.1, -0.05) is 6.42 Å². The fraction of sp³-hybridized carbons (Fsp3) is 0.938. The highest BCUT2D eigenvalue weighted by Gasteiger charge is 2.41. The summed E-state index contributed by atoms with van der Waals surface area (Å²) in [7, 11) is 0. The Balaban J connectivity index is 1.62. The molecule has 19 heavy (non-hydrogen) atoms. The van der Waals surface area contributed by atoms with E-state index in [0.29, 0.717) is 23.8 Å². The van der Waals surface area contributed by atoms with Crippen molar-refractivity contribution in [2.24, 2.45) is 29.4 Å². The molecule has 0 aliphatic heterocycles. The van der Waals surface area contributed by atoms with Crippen LogP contribution in [0.3, 0.4) is 0 Å². The maximum absolute atomic E-state index is 12.7. The van der Waals surface area contributed by atoms with E-state index in [4.69, 9.17) is 5.73 Å². The van der Waals surface area contributed by atoms with Crippen molar-refractivity contribution >= 4 is 5.91 Å². The van der Waals surface area contributed by atoms with Gasteiger partial charge in [0.05, 0.1) is 0 Å². The number of hydrogen-bond acceptors (Lipinski definition) is 2. The Morgan fingerprint density at radius 3 is 2.32 bits per heavy atom. The van der Waals surface area contributed by atoms with Gasteiger partial charge >= 0.3 is 0 Å². The molecule has 3 aliphatic carbocycles. The summed E-state index contributed by atoms with van der Waals surface area (Å²) in [5.74, 6) is 2.73. The fourth-order valence-electron chi connectivity index (χ4n) is 4.24. The first-order chi connectivity index (χ1) is 9.19. The molecule has 3 nitrogen and oxygen atoms in total. The van der Waals surface area contributed by atoms with E-state index < -0.39 is 0 Å². The number of nitrogens with two attached hydrogens (primary N) is 1. The van der Waals surface area contributed by atoms with E-state index in [1.807, 2.05) is 0 Å². The Bertz CT molecular complexity index is 326. The Morgan fingerprint density at radius 1 is 1.16 bits per heavy atom. The molecule has 0 heterocycles. The van der Waals surface area contributed by atoms with Crippen LogP contribution in [0.25, 0.3) is 0 Å². The summed E-state index contributed by atoms with van der Waals surface area (Å²) in [6, 6.07) is 0.372. The van der Waals surface area contributed by atoms with Gasteiger partial charge in [-0.05, 0) is 63.2 Å². The lowest BCUT2D eigenvalue weighted by Gasteiger charge is -2.44. The maximum atomic E-state index is 12.7. The van der Waals surface area contributed by atoms with Crippen molar-refractivity contribution in [3.05, 3.63) is 0 Å². The molecular weight excluding hydrogens is 236 g/mol. The molecule has 2 atom stereocenters. The first kappa shape index (κ1) is 13.4. The maximum Gasteiger partial charge on any atom is 0.225 e. The standard InChI is InChI=1S/C16H28N2O/c1-2-18(10-11-6-7-11)16(19)14-8-12-4-3-5-13(9-14)15(12)17/h11-15H,2-10,17H2,1H3. The van der Waals surface area contributed by atoms with Gasteiger partial charge in [0.15, 0.2) is 0 Å². The van der Waals surface area contributed by atoms with Gasteiger partial charge in [0.25, 0.3) is 0 Å². The van der Waals surface area contributed by atoms with Gasteiger partial charge in [0, 0.05) is 25.0 Å². The molecule has 3 fully saturated rings. The molecule has 3 saturated carbocycles. The summed E-state index contributed by atoms with van der Waals surface area (Å²) in [6.07, 6.45) is 8.57. The second-order valence-corrected chi connectivity index (χ2v) is 7.02. The Kier molecular flexibility index (Phi) is 3.84. The summed E-state index contributed by atoms with van der Waals surface area (Å²) in [5.41, 5.74) is 6.32. The van der Waals surface area contributed by atoms with Gasteiger partial charge in [-0.15, -0.1) is 0 Å². The smallest absolute Gasteiger partial charge is 0.225 e. The molecule has 0 radical (unpaired) electrons. The first-order valence-corrected chi connectivity index (χ1v) is 8.23. The minimum absolute atomic E-state index is 0.272. The van der Waals surface area contributed by atoms with Gasteiger partial charge < -0.3 is 10.6 Å². The van der Waals surface area contributed by atoms with Crippen LogP contribution >= 0.6 is 0 Å². The van der Waals surface area contributed by atoms with Gasteiger partial charge in [0.1, 0.15) is 0 Å². The molecule has 0 aromatic heterocycles. The van der Waals surface area contributed by atoms with Gasteiger partial charge in [-0.25, -0.2) is 0 Å². The lowest BCUT2D eigenvalue weighted by molar-refractivity contribution is -0.138. The lowest BCUT2D eigenvalue weighted by atomic mass is 9.65. The highest BCUT2D eigenvalue weighted by Crippen LogP contribution is 2.42. The molecule has 108 valence electrons. The molecule has 0 aromatic rings. The van der Waals surface area contributed by atoms with Crippen LogP contribution in [0.2, 0.25) is 0 Å². The summed E-state index contributed by atoms with van der Waals surface area (Å²) >= 11 is 0. The zero-order valence-corrected chi connectivity index (χ0v) is 12.2. The number of carbonyl (C=O) groups is 1. The lowest BCUT2D eigenvalue weighted by Crippen LogP contribution is -2.50. The zero-order chi connectivity index (χ0) is 13.4. The SMILES string of the molecule is CCN(CC1CC1)C(=O)C1CC2CCCC(C1)C2N. The normalized spacial score (nSPS) is 38.0. The number of hydrogen-bond donors (Lipinski definition) is 1. The van der Waals surface area contributed by atoms with E-state index >= 15 is 0 Å². The first-order valence-electron chi connectivity index (χ1n) is 8.23. The van der Waals surface area contributed by atoms with Crippen LogP contribution in [-0.2, 0) is 4.79 Å². The average Bonchev–Trinajstić information content (AvgIpc) is 3.18. The summed E-state index contributed by atoms with van der Waals surface area (Å²) < 4.78 is 0. The number of nitrogens with zero attached hydrogens (tertiary/aromatic N) is 1. The van der Waals surface area contributed by atoms with E-state index in [2.05, 4.69) is 11.8 Å². The molecule has 0 saturated heterocycles. The van der Waals surface area contributed by atoms with Crippen LogP contribution in [0.15, 0.2) is 0 Å². The Labute approximate surface area is 116 Å². The van der Waals surface area contributed by atoms with E-state index in [-0.39, 0.29) is 5.92 Å². The van der Waals surface area contributed by atoms with Gasteiger partial charge in [-0.2, -0.15) is 0 Å². The average molecular weight is 264 g/mol. The summed E-state index contributed by atoms with van der Waals surface area (Å²) in [5, 5.41) is 0. The third kappa shape index (κ3) is 2.81. The molecule has 0 spiro atoms. The summed E-state index contributed by atoms with van der Waals surface area (Å²) in [6.45, 7) is 4.01. The molecule has 3 aliphatic rings. The minimum Gasteiger partial charge on any atom is -0.342 e. The third-order valence-electron chi connectivity index (χ3n) is 5.63. The van der Waals surface area contributed by atoms with Crippen molar-refractivity contribution in [2.45, 2.75) is 57.9 Å². The Morgan fingerprint density at radius 2 is 1.79 bits per heavy atom. The highest BCUT2D eigenvalue weighted by molar-refractivity contribution is 5.79. The molecular formula is C16H28N2O. The second kappa shape index (κ2) is 5.43. The molecule has 3 heteroatoms. The predicted molar refractivity (Wildman–Crippen MR) is 76.5 cm³/mol. The molecule has 3 rings (SSSR count). The highest BCUT2D eigenvalue weighted by atomic mass is 16.2. The van der Waals surface area contributed by atoms with Crippen LogP contribution in [0, 0.1) is 23.7 Å². The van der Waals surface area contributed by atoms with Crippen LogP contribution in [0.4, 0.5) is 0 Å². The molecule has 2 bridgehead atoms. The third-order valence-corrected chi connectivity index (χ3v) is 5.63. The fourth-order valence-corrected chi connectivity index (χ4v) is 4.24. The number of rotatable bonds is 4. The van der Waals surface area contributed by atoms with Crippen molar-refractivity contribution in [1.29, 1.82) is 0 Å². The van der Waals surface area contributed by atoms with Crippen molar-refractivity contribution < 1.29 is 4.79 Å². The zero-order valence-electron chi connectivity index (χ0n) is 12.2. The quantitative estimate of drug-likeness (QED) is 0.847. The number of amides is 1. The van der Waals surface area contributed by atoms with Crippen LogP contribution in [-0.4, -0.2) is 29.9 Å². The number of carbonyl (C=O) groups excluding carboxylic acids is 1. The van der Waals surface area contributed by atoms with Crippen molar-refractivity contribution in [1.82, 2.24) is 4.90 Å². The van der Waals surface area contributed by atoms with E-state index in [1.165, 1.54) is 32.1 Å². The van der Waals surface area contributed by atoms with Crippen molar-refractivity contribution in [3.63, 3.8) is 0 Å². The van der Waals surface area contributed by atoms with Crippen molar-refractivity contribution in [2.75, 3.05) is 13.1 Å². The molecule has 2 unspecified atom stereocenters. The molecule has 2 N–H and O–H groups in total. The van der Waals surface area contributed by atoms with E-state index in [9.17, 15) is 4.79 Å². The minimum atomic E-state index is 0.272. The number of fused-ring (bicyclic) bond motifs is 2. The predicted octanol–water partition coefficient (Wildman–Crippen LogP) is 2.40. The molecule has 0 aromatic carbocycles. The van der Waals surface area contributed by atoms with Crippen LogP contribution in [0.5, 0.6) is 0 Å². The van der Waals surface area contributed by atoms with Gasteiger partial charge in [-0.3, -0.25) is 4.79 Å². The monoisotopic (exact) mass is 264 g/mol. The van der Waals surface area contributed by atoms with Gasteiger partial charge in [0.2, 0.25) is 5.91 Å². The second-order valence-electron chi connectivity index (χ2n) is 7.02. The largest absolute Gasteiger partial charge is 0.342 e. The Hall–Kier alpha value is -0.570. The summed E-state index contributed by atoms with van der Waals surface area (Å²) in [4.78, 5) is 14.8. The van der Waals surface area contributed by atoms with E-state index in [0.717, 1.165) is 31.8 Å². The topological polar surface area (TPSA) is 46.3 Å².